The normalized spacial score (nSPS) is 15.6. The topological polar surface area (TPSA) is 82.8 Å². The molecule has 2 amide bonds. The summed E-state index contributed by atoms with van der Waals surface area (Å²) in [6.45, 7) is 2.23. The Morgan fingerprint density at radius 3 is 2.88 bits per heavy atom. The molecule has 0 aliphatic carbocycles. The summed E-state index contributed by atoms with van der Waals surface area (Å²) in [5, 5.41) is 12.3. The van der Waals surface area contributed by atoms with E-state index >= 15 is 0 Å². The second-order valence-electron chi connectivity index (χ2n) is 5.89. The highest BCUT2D eigenvalue weighted by atomic mass is 16.3. The molecular formula is C18H20N2O4. The molecule has 6 nitrogen and oxygen atoms in total. The molecule has 126 valence electrons. The molecule has 1 unspecified atom stereocenters. The summed E-state index contributed by atoms with van der Waals surface area (Å²) in [5.41, 5.74) is 1.96. The Kier molecular flexibility index (Phi) is 4.66. The van der Waals surface area contributed by atoms with Gasteiger partial charge in [-0.3, -0.25) is 9.59 Å². The van der Waals surface area contributed by atoms with Crippen molar-refractivity contribution in [3.8, 4) is 0 Å². The van der Waals surface area contributed by atoms with Crippen LogP contribution in [-0.2, 0) is 4.79 Å². The molecule has 0 saturated carbocycles. The van der Waals surface area contributed by atoms with E-state index in [-0.39, 0.29) is 18.4 Å². The lowest BCUT2D eigenvalue weighted by Crippen LogP contribution is -2.33. The summed E-state index contributed by atoms with van der Waals surface area (Å²) in [6.07, 6.45) is 2.78. The monoisotopic (exact) mass is 328 g/mol. The van der Waals surface area contributed by atoms with Gasteiger partial charge >= 0.3 is 0 Å². The number of nitrogens with one attached hydrogen (secondary N) is 1. The minimum atomic E-state index is -0.629. The largest absolute Gasteiger partial charge is 0.467 e. The van der Waals surface area contributed by atoms with Gasteiger partial charge in [-0.2, -0.15) is 0 Å². The molecule has 1 saturated heterocycles. The smallest absolute Gasteiger partial charge is 0.254 e. The van der Waals surface area contributed by atoms with Crippen molar-refractivity contribution in [2.75, 3.05) is 18.1 Å². The number of benzene rings is 1. The van der Waals surface area contributed by atoms with E-state index in [9.17, 15) is 14.7 Å². The van der Waals surface area contributed by atoms with Crippen LogP contribution in [0, 0.1) is 6.92 Å². The van der Waals surface area contributed by atoms with Gasteiger partial charge in [-0.1, -0.05) is 11.6 Å². The molecule has 3 rings (SSSR count). The van der Waals surface area contributed by atoms with Crippen LogP contribution in [-0.4, -0.2) is 30.1 Å². The van der Waals surface area contributed by atoms with Crippen molar-refractivity contribution in [3.63, 3.8) is 0 Å². The van der Waals surface area contributed by atoms with E-state index in [1.54, 1.807) is 29.2 Å². The summed E-state index contributed by atoms with van der Waals surface area (Å²) in [4.78, 5) is 26.4. The lowest BCUT2D eigenvalue weighted by Gasteiger charge is -2.21. The molecule has 2 heterocycles. The standard InChI is InChI=1S/C18H20N2O4/c1-12-6-7-15(20-8-2-5-17(20)22)13(10-12)18(23)19-14(11-21)16-4-3-9-24-16/h3-4,6-7,9-10,14,21H,2,5,8,11H2,1H3,(H,19,23). The van der Waals surface area contributed by atoms with E-state index in [1.807, 2.05) is 13.0 Å². The third kappa shape index (κ3) is 3.19. The number of carbonyl (C=O) groups excluding carboxylic acids is 2. The van der Waals surface area contributed by atoms with Crippen LogP contribution in [0.25, 0.3) is 0 Å². The number of nitrogens with zero attached hydrogens (tertiary/aromatic N) is 1. The Hall–Kier alpha value is -2.60. The molecule has 2 N–H and O–H groups in total. The summed E-state index contributed by atoms with van der Waals surface area (Å²) < 4.78 is 5.25. The molecule has 24 heavy (non-hydrogen) atoms. The molecule has 1 aliphatic heterocycles. The zero-order valence-corrected chi connectivity index (χ0v) is 13.5. The minimum Gasteiger partial charge on any atom is -0.467 e. The number of hydrogen-bond acceptors (Lipinski definition) is 4. The fourth-order valence-electron chi connectivity index (χ4n) is 2.90. The third-order valence-electron chi connectivity index (χ3n) is 4.14. The lowest BCUT2D eigenvalue weighted by atomic mass is 10.1. The van der Waals surface area contributed by atoms with Crippen molar-refractivity contribution < 1.29 is 19.1 Å². The molecule has 0 radical (unpaired) electrons. The minimum absolute atomic E-state index is 0.0256. The number of hydrogen-bond donors (Lipinski definition) is 2. The first kappa shape index (κ1) is 16.3. The van der Waals surface area contributed by atoms with Gasteiger partial charge in [0.2, 0.25) is 5.91 Å². The number of amides is 2. The van der Waals surface area contributed by atoms with E-state index in [2.05, 4.69) is 5.32 Å². The second-order valence-corrected chi connectivity index (χ2v) is 5.89. The number of rotatable bonds is 5. The molecule has 1 fully saturated rings. The van der Waals surface area contributed by atoms with Crippen molar-refractivity contribution in [1.29, 1.82) is 0 Å². The van der Waals surface area contributed by atoms with Crippen molar-refractivity contribution in [2.24, 2.45) is 0 Å². The first-order valence-electron chi connectivity index (χ1n) is 7.96. The highest BCUT2D eigenvalue weighted by molar-refractivity contribution is 6.05. The maximum absolute atomic E-state index is 12.7. The van der Waals surface area contributed by atoms with Crippen LogP contribution in [0.2, 0.25) is 0 Å². The van der Waals surface area contributed by atoms with E-state index < -0.39 is 6.04 Å². The first-order chi connectivity index (χ1) is 11.6. The Morgan fingerprint density at radius 2 is 2.25 bits per heavy atom. The molecule has 6 heteroatoms. The highest BCUT2D eigenvalue weighted by Gasteiger charge is 2.27. The fourth-order valence-corrected chi connectivity index (χ4v) is 2.90. The highest BCUT2D eigenvalue weighted by Crippen LogP contribution is 2.27. The molecule has 1 aromatic heterocycles. The average molecular weight is 328 g/mol. The summed E-state index contributed by atoms with van der Waals surface area (Å²) in [6, 6.07) is 8.21. The van der Waals surface area contributed by atoms with Crippen molar-refractivity contribution >= 4 is 17.5 Å². The summed E-state index contributed by atoms with van der Waals surface area (Å²) in [5.74, 6) is 0.166. The first-order valence-corrected chi connectivity index (χ1v) is 7.96. The Bertz CT molecular complexity index is 739. The zero-order chi connectivity index (χ0) is 17.1. The fraction of sp³-hybridized carbons (Fsp3) is 0.333. The molecule has 1 aromatic carbocycles. The van der Waals surface area contributed by atoms with Crippen molar-refractivity contribution in [1.82, 2.24) is 5.32 Å². The SMILES string of the molecule is Cc1ccc(N2CCCC2=O)c(C(=O)NC(CO)c2ccco2)c1. The van der Waals surface area contributed by atoms with Gasteiger partial charge in [-0.15, -0.1) is 0 Å². The third-order valence-corrected chi connectivity index (χ3v) is 4.14. The second kappa shape index (κ2) is 6.88. The molecule has 1 atom stereocenters. The van der Waals surface area contributed by atoms with Crippen molar-refractivity contribution in [2.45, 2.75) is 25.8 Å². The van der Waals surface area contributed by atoms with E-state index in [0.29, 0.717) is 30.0 Å². The molecular weight excluding hydrogens is 308 g/mol. The van der Waals surface area contributed by atoms with Crippen molar-refractivity contribution in [3.05, 3.63) is 53.5 Å². The van der Waals surface area contributed by atoms with Crippen LogP contribution >= 0.6 is 0 Å². The Morgan fingerprint density at radius 1 is 1.42 bits per heavy atom. The Balaban J connectivity index is 1.88. The number of aliphatic hydroxyl groups is 1. The van der Waals surface area contributed by atoms with Crippen LogP contribution in [0.5, 0.6) is 0 Å². The van der Waals surface area contributed by atoms with E-state index in [4.69, 9.17) is 4.42 Å². The summed E-state index contributed by atoms with van der Waals surface area (Å²) >= 11 is 0. The number of aryl methyl sites for hydroxylation is 1. The predicted octanol–water partition coefficient (Wildman–Crippen LogP) is 2.18. The van der Waals surface area contributed by atoms with Gasteiger partial charge in [0.15, 0.2) is 0 Å². The number of anilines is 1. The molecule has 0 spiro atoms. The van der Waals surface area contributed by atoms with E-state index in [1.165, 1.54) is 6.26 Å². The van der Waals surface area contributed by atoms with Gasteiger partial charge in [0.25, 0.3) is 5.91 Å². The van der Waals surface area contributed by atoms with Crippen LogP contribution in [0.4, 0.5) is 5.69 Å². The maximum atomic E-state index is 12.7. The molecule has 2 aromatic rings. The van der Waals surface area contributed by atoms with Crippen LogP contribution in [0.15, 0.2) is 41.0 Å². The van der Waals surface area contributed by atoms with Crippen LogP contribution < -0.4 is 10.2 Å². The zero-order valence-electron chi connectivity index (χ0n) is 13.5. The molecule has 0 bridgehead atoms. The van der Waals surface area contributed by atoms with Crippen LogP contribution in [0.3, 0.4) is 0 Å². The van der Waals surface area contributed by atoms with Gasteiger partial charge in [0.05, 0.1) is 24.1 Å². The van der Waals surface area contributed by atoms with Gasteiger partial charge < -0.3 is 19.7 Å². The molecule has 1 aliphatic rings. The lowest BCUT2D eigenvalue weighted by molar-refractivity contribution is -0.117. The Labute approximate surface area is 140 Å². The van der Waals surface area contributed by atoms with Gasteiger partial charge in [-0.25, -0.2) is 0 Å². The maximum Gasteiger partial charge on any atom is 0.254 e. The van der Waals surface area contributed by atoms with Gasteiger partial charge in [0, 0.05) is 13.0 Å². The number of carbonyl (C=O) groups is 2. The van der Waals surface area contributed by atoms with E-state index in [0.717, 1.165) is 12.0 Å². The number of aliphatic hydroxyl groups excluding tert-OH is 1. The van der Waals surface area contributed by atoms with Gasteiger partial charge in [-0.05, 0) is 37.6 Å². The quantitative estimate of drug-likeness (QED) is 0.881. The predicted molar refractivity (Wildman–Crippen MR) is 88.8 cm³/mol. The summed E-state index contributed by atoms with van der Waals surface area (Å²) in [7, 11) is 0. The average Bonchev–Trinajstić information content (AvgIpc) is 3.24. The van der Waals surface area contributed by atoms with Crippen LogP contribution in [0.1, 0.15) is 40.6 Å². The number of furan rings is 1. The van der Waals surface area contributed by atoms with Gasteiger partial charge in [0.1, 0.15) is 11.8 Å².